The Morgan fingerprint density at radius 2 is 1.94 bits per heavy atom. The highest BCUT2D eigenvalue weighted by atomic mass is 35.5. The molecule has 1 aliphatic heterocycles. The zero-order valence-electron chi connectivity index (χ0n) is 9.48. The van der Waals surface area contributed by atoms with Crippen molar-refractivity contribution in [1.29, 1.82) is 0 Å². The van der Waals surface area contributed by atoms with Gasteiger partial charge >= 0.3 is 0 Å². The fourth-order valence-corrected chi connectivity index (χ4v) is 2.51. The number of nitrogens with zero attached hydrogens (tertiary/aromatic N) is 4. The lowest BCUT2D eigenvalue weighted by molar-refractivity contribution is 0.754. The molecule has 2 heterocycles. The summed E-state index contributed by atoms with van der Waals surface area (Å²) < 4.78 is 0. The molecule has 0 N–H and O–H groups in total. The molecule has 1 aromatic carbocycles. The molecule has 0 aliphatic carbocycles. The van der Waals surface area contributed by atoms with Crippen LogP contribution in [0.5, 0.6) is 0 Å². The number of rotatable bonds is 1. The van der Waals surface area contributed by atoms with Gasteiger partial charge in [0.15, 0.2) is 11.0 Å². The van der Waals surface area contributed by atoms with Crippen molar-refractivity contribution in [3.8, 4) is 0 Å². The summed E-state index contributed by atoms with van der Waals surface area (Å²) in [7, 11) is 0. The number of fused-ring (bicyclic) bond motifs is 1. The fourth-order valence-electron chi connectivity index (χ4n) is 2.21. The van der Waals surface area contributed by atoms with E-state index in [0.717, 1.165) is 25.1 Å². The molecule has 3 rings (SSSR count). The van der Waals surface area contributed by atoms with E-state index in [9.17, 15) is 0 Å². The van der Waals surface area contributed by atoms with Crippen molar-refractivity contribution < 1.29 is 0 Å². The van der Waals surface area contributed by atoms with Crippen LogP contribution in [0.4, 0.5) is 11.5 Å². The van der Waals surface area contributed by atoms with E-state index in [1.807, 2.05) is 17.0 Å². The van der Waals surface area contributed by atoms with Crippen LogP contribution in [-0.2, 0) is 6.42 Å². The summed E-state index contributed by atoms with van der Waals surface area (Å²) >= 11 is 11.9. The zero-order valence-corrected chi connectivity index (χ0v) is 11.0. The lowest BCUT2D eigenvalue weighted by Crippen LogP contribution is -2.26. The highest BCUT2D eigenvalue weighted by molar-refractivity contribution is 6.32. The van der Waals surface area contributed by atoms with Crippen molar-refractivity contribution in [2.75, 3.05) is 11.4 Å². The third-order valence-corrected chi connectivity index (χ3v) is 3.37. The first-order valence-electron chi connectivity index (χ1n) is 5.67. The second kappa shape index (κ2) is 4.71. The lowest BCUT2D eigenvalue weighted by Gasteiger charge is -2.30. The average molecular weight is 281 g/mol. The van der Waals surface area contributed by atoms with Gasteiger partial charge < -0.3 is 4.90 Å². The highest BCUT2D eigenvalue weighted by Crippen LogP contribution is 2.34. The monoisotopic (exact) mass is 280 g/mol. The Balaban J connectivity index is 2.11. The van der Waals surface area contributed by atoms with Crippen LogP contribution in [0.15, 0.2) is 24.3 Å². The predicted molar refractivity (Wildman–Crippen MR) is 71.6 cm³/mol. The number of benzene rings is 1. The standard InChI is InChI=1S/C12H10Cl2N4/c13-10-11(15-12(14)17-16-10)18-7-3-5-8-4-1-2-6-9(8)18/h1-2,4,6H,3,5,7H2. The van der Waals surface area contributed by atoms with Crippen molar-refractivity contribution in [3.05, 3.63) is 40.3 Å². The molecule has 0 radical (unpaired) electrons. The van der Waals surface area contributed by atoms with Crippen LogP contribution in [0.3, 0.4) is 0 Å². The Hall–Kier alpha value is -1.39. The normalized spacial score (nSPS) is 14.4. The minimum atomic E-state index is 0.109. The number of aryl methyl sites for hydroxylation is 1. The maximum Gasteiger partial charge on any atom is 0.245 e. The van der Waals surface area contributed by atoms with E-state index in [0.29, 0.717) is 5.82 Å². The topological polar surface area (TPSA) is 41.9 Å². The first-order valence-corrected chi connectivity index (χ1v) is 6.42. The maximum absolute atomic E-state index is 6.06. The summed E-state index contributed by atoms with van der Waals surface area (Å²) in [5, 5.41) is 7.82. The van der Waals surface area contributed by atoms with Crippen LogP contribution < -0.4 is 4.90 Å². The van der Waals surface area contributed by atoms with Gasteiger partial charge in [0, 0.05) is 12.2 Å². The minimum Gasteiger partial charge on any atom is -0.323 e. The molecule has 1 aromatic heterocycles. The molecule has 1 aliphatic rings. The number of hydrogen-bond acceptors (Lipinski definition) is 4. The quantitative estimate of drug-likeness (QED) is 0.804. The molecule has 6 heteroatoms. The average Bonchev–Trinajstić information content (AvgIpc) is 2.41. The molecule has 0 bridgehead atoms. The van der Waals surface area contributed by atoms with Crippen LogP contribution in [0.1, 0.15) is 12.0 Å². The lowest BCUT2D eigenvalue weighted by atomic mass is 10.0. The Morgan fingerprint density at radius 1 is 1.11 bits per heavy atom. The number of anilines is 2. The van der Waals surface area contributed by atoms with E-state index in [4.69, 9.17) is 23.2 Å². The van der Waals surface area contributed by atoms with Gasteiger partial charge in [-0.1, -0.05) is 29.8 Å². The molecule has 2 aromatic rings. The number of aromatic nitrogens is 3. The molecule has 0 saturated carbocycles. The third kappa shape index (κ3) is 2.02. The minimum absolute atomic E-state index is 0.109. The molecular formula is C12H10Cl2N4. The molecule has 92 valence electrons. The molecule has 0 unspecified atom stereocenters. The van der Waals surface area contributed by atoms with E-state index < -0.39 is 0 Å². The van der Waals surface area contributed by atoms with Gasteiger partial charge in [-0.05, 0) is 36.1 Å². The highest BCUT2D eigenvalue weighted by Gasteiger charge is 2.22. The van der Waals surface area contributed by atoms with E-state index in [2.05, 4.69) is 27.3 Å². The molecule has 0 fully saturated rings. The maximum atomic E-state index is 6.06. The summed E-state index contributed by atoms with van der Waals surface area (Å²) in [6, 6.07) is 8.21. The largest absolute Gasteiger partial charge is 0.323 e. The van der Waals surface area contributed by atoms with Crippen LogP contribution in [0, 0.1) is 0 Å². The summed E-state index contributed by atoms with van der Waals surface area (Å²) in [5.41, 5.74) is 2.40. The fraction of sp³-hybridized carbons (Fsp3) is 0.250. The Labute approximate surface area is 115 Å². The van der Waals surface area contributed by atoms with Crippen LogP contribution in [0.2, 0.25) is 10.4 Å². The first-order chi connectivity index (χ1) is 8.75. The summed E-state index contributed by atoms with van der Waals surface area (Å²) in [6.07, 6.45) is 2.12. The Bertz CT molecular complexity index is 588. The predicted octanol–water partition coefficient (Wildman–Crippen LogP) is 3.26. The van der Waals surface area contributed by atoms with Crippen molar-refractivity contribution in [1.82, 2.24) is 15.2 Å². The third-order valence-electron chi connectivity index (χ3n) is 2.97. The SMILES string of the molecule is Clc1nnc(Cl)c(N2CCCc3ccccc32)n1. The second-order valence-corrected chi connectivity index (χ2v) is 4.78. The van der Waals surface area contributed by atoms with Gasteiger partial charge in [-0.2, -0.15) is 4.98 Å². The van der Waals surface area contributed by atoms with Gasteiger partial charge in [-0.15, -0.1) is 10.2 Å². The molecule has 0 atom stereocenters. The molecule has 0 saturated heterocycles. The number of halogens is 2. The molecule has 4 nitrogen and oxygen atoms in total. The van der Waals surface area contributed by atoms with Crippen LogP contribution in [0.25, 0.3) is 0 Å². The van der Waals surface area contributed by atoms with E-state index in [1.54, 1.807) is 0 Å². The van der Waals surface area contributed by atoms with Crippen molar-refractivity contribution in [2.24, 2.45) is 0 Å². The van der Waals surface area contributed by atoms with Crippen molar-refractivity contribution in [2.45, 2.75) is 12.8 Å². The Morgan fingerprint density at radius 3 is 2.83 bits per heavy atom. The molecule has 0 amide bonds. The van der Waals surface area contributed by atoms with Gasteiger partial charge in [-0.25, -0.2) is 0 Å². The Kier molecular flexibility index (Phi) is 3.06. The second-order valence-electron chi connectivity index (χ2n) is 4.08. The summed E-state index contributed by atoms with van der Waals surface area (Å²) in [5.74, 6) is 0.573. The van der Waals surface area contributed by atoms with Gasteiger partial charge in [0.05, 0.1) is 0 Å². The van der Waals surface area contributed by atoms with Gasteiger partial charge in [0.25, 0.3) is 0 Å². The molecule has 0 spiro atoms. The van der Waals surface area contributed by atoms with Crippen molar-refractivity contribution in [3.63, 3.8) is 0 Å². The number of hydrogen-bond donors (Lipinski definition) is 0. The first kappa shape index (κ1) is 11.7. The van der Waals surface area contributed by atoms with Crippen molar-refractivity contribution >= 4 is 34.7 Å². The van der Waals surface area contributed by atoms with Gasteiger partial charge in [0.2, 0.25) is 5.28 Å². The van der Waals surface area contributed by atoms with Crippen LogP contribution >= 0.6 is 23.2 Å². The smallest absolute Gasteiger partial charge is 0.245 e. The van der Waals surface area contributed by atoms with E-state index in [1.165, 1.54) is 5.56 Å². The molecule has 18 heavy (non-hydrogen) atoms. The van der Waals surface area contributed by atoms with E-state index >= 15 is 0 Å². The van der Waals surface area contributed by atoms with E-state index in [-0.39, 0.29) is 10.4 Å². The van der Waals surface area contributed by atoms with Gasteiger partial charge in [0.1, 0.15) is 0 Å². The van der Waals surface area contributed by atoms with Crippen LogP contribution in [-0.4, -0.2) is 21.7 Å². The zero-order chi connectivity index (χ0) is 12.5. The summed E-state index contributed by atoms with van der Waals surface area (Å²) in [4.78, 5) is 6.22. The number of para-hydroxylation sites is 1. The van der Waals surface area contributed by atoms with Gasteiger partial charge in [-0.3, -0.25) is 0 Å². The molecular weight excluding hydrogens is 271 g/mol. The summed E-state index contributed by atoms with van der Waals surface area (Å²) in [6.45, 7) is 0.853.